The van der Waals surface area contributed by atoms with Crippen LogP contribution in [0.5, 0.6) is 0 Å². The smallest absolute Gasteiger partial charge is 0.227 e. The zero-order valence-electron chi connectivity index (χ0n) is 22.1. The number of benzene rings is 3. The summed E-state index contributed by atoms with van der Waals surface area (Å²) in [5, 5.41) is 11.4. The van der Waals surface area contributed by atoms with E-state index in [1.165, 1.54) is 12.1 Å². The van der Waals surface area contributed by atoms with Gasteiger partial charge >= 0.3 is 0 Å². The van der Waals surface area contributed by atoms with Crippen LogP contribution >= 0.6 is 0 Å². The molecule has 1 aliphatic carbocycles. The molecule has 1 aliphatic heterocycles. The van der Waals surface area contributed by atoms with Crippen molar-refractivity contribution >= 4 is 32.7 Å². The molecule has 8 nitrogen and oxygen atoms in total. The van der Waals surface area contributed by atoms with Crippen LogP contribution in [0.15, 0.2) is 93.9 Å². The minimum atomic E-state index is -3.60. The molecule has 3 aromatic carbocycles. The first-order chi connectivity index (χ1) is 19.2. The minimum Gasteiger partial charge on any atom is -0.270 e. The van der Waals surface area contributed by atoms with Crippen LogP contribution in [0.4, 0.5) is 4.39 Å². The van der Waals surface area contributed by atoms with Gasteiger partial charge in [0.1, 0.15) is 5.82 Å². The number of guanidine groups is 1. The number of aliphatic imine (C=N–C) groups is 1. The molecule has 0 bridgehead atoms. The molecule has 0 spiro atoms. The third-order valence-electron chi connectivity index (χ3n) is 7.33. The molecule has 0 saturated heterocycles. The topological polar surface area (TPSA) is 117 Å². The zero-order valence-corrected chi connectivity index (χ0v) is 23.7. The van der Waals surface area contributed by atoms with Gasteiger partial charge in [0.15, 0.2) is 11.0 Å². The van der Waals surface area contributed by atoms with Crippen molar-refractivity contribution < 1.29 is 17.0 Å². The van der Waals surface area contributed by atoms with Crippen molar-refractivity contribution in [3.63, 3.8) is 0 Å². The first-order valence-electron chi connectivity index (χ1n) is 13.2. The molecule has 0 radical (unpaired) electrons. The highest BCUT2D eigenvalue weighted by molar-refractivity contribution is 7.89. The van der Waals surface area contributed by atoms with E-state index in [0.29, 0.717) is 43.1 Å². The average Bonchev–Trinajstić information content (AvgIpc) is 3.39. The maximum absolute atomic E-state index is 13.7. The third-order valence-corrected chi connectivity index (χ3v) is 9.80. The number of hydrogen-bond acceptors (Lipinski definition) is 5. The summed E-state index contributed by atoms with van der Waals surface area (Å²) in [6, 6.07) is 23.4. The first kappa shape index (κ1) is 28.1. The Morgan fingerprint density at radius 1 is 1.00 bits per heavy atom. The van der Waals surface area contributed by atoms with Gasteiger partial charge in [-0.3, -0.25) is 4.72 Å². The van der Waals surface area contributed by atoms with E-state index in [1.807, 2.05) is 49.4 Å². The van der Waals surface area contributed by atoms with Gasteiger partial charge in [0, 0.05) is 5.92 Å². The third kappa shape index (κ3) is 6.65. The van der Waals surface area contributed by atoms with Crippen LogP contribution in [0.1, 0.15) is 48.3 Å². The number of primary sulfonamides is 1. The van der Waals surface area contributed by atoms with Gasteiger partial charge in [-0.05, 0) is 68.0 Å². The highest BCUT2D eigenvalue weighted by atomic mass is 32.2. The maximum Gasteiger partial charge on any atom is 0.227 e. The Labute approximate surface area is 236 Å². The average molecular weight is 582 g/mol. The molecule has 3 N–H and O–H groups in total. The van der Waals surface area contributed by atoms with E-state index in [2.05, 4.69) is 4.72 Å². The van der Waals surface area contributed by atoms with Crippen LogP contribution in [-0.2, 0) is 21.0 Å². The lowest BCUT2D eigenvalue weighted by Gasteiger charge is -2.27. The molecule has 2 aliphatic rings. The quantitative estimate of drug-likeness (QED) is 0.335. The normalized spacial score (nSPS) is 22.6. The summed E-state index contributed by atoms with van der Waals surface area (Å²) in [5.74, 6) is -0.122. The van der Waals surface area contributed by atoms with E-state index in [0.717, 1.165) is 22.4 Å². The molecule has 2 unspecified atom stereocenters. The highest BCUT2D eigenvalue weighted by Crippen LogP contribution is 2.30. The summed E-state index contributed by atoms with van der Waals surface area (Å²) in [6.45, 7) is 2.39. The molecule has 0 aromatic heterocycles. The molecule has 1 saturated carbocycles. The predicted octanol–water partition coefficient (Wildman–Crippen LogP) is 4.21. The van der Waals surface area contributed by atoms with Gasteiger partial charge in [-0.1, -0.05) is 60.2 Å². The van der Waals surface area contributed by atoms with Crippen molar-refractivity contribution in [3.8, 4) is 0 Å². The molecule has 5 rings (SSSR count). The highest BCUT2D eigenvalue weighted by Gasteiger charge is 2.34. The van der Waals surface area contributed by atoms with Crippen molar-refractivity contribution in [2.45, 2.75) is 54.7 Å². The molecule has 1 fully saturated rings. The summed E-state index contributed by atoms with van der Waals surface area (Å²) >= 11 is 0. The zero-order chi connectivity index (χ0) is 28.3. The maximum atomic E-state index is 13.7. The lowest BCUT2D eigenvalue weighted by molar-refractivity contribution is 0.417. The number of rotatable bonds is 6. The summed E-state index contributed by atoms with van der Waals surface area (Å²) in [7, 11) is -5.22. The van der Waals surface area contributed by atoms with Crippen LogP contribution in [0.3, 0.4) is 0 Å². The largest absolute Gasteiger partial charge is 0.270 e. The van der Waals surface area contributed by atoms with E-state index >= 15 is 0 Å². The monoisotopic (exact) mass is 581 g/mol. The van der Waals surface area contributed by atoms with Gasteiger partial charge in [-0.15, -0.1) is 0 Å². The van der Waals surface area contributed by atoms with Crippen molar-refractivity contribution in [1.82, 2.24) is 9.73 Å². The number of hydrazone groups is 1. The molecule has 2 atom stereocenters. The second kappa shape index (κ2) is 12.0. The Hall–Kier alpha value is -3.41. The molecule has 11 heteroatoms. The lowest BCUT2D eigenvalue weighted by Crippen LogP contribution is -2.41. The van der Waals surface area contributed by atoms with E-state index < -0.39 is 26.3 Å². The summed E-state index contributed by atoms with van der Waals surface area (Å²) in [6.07, 6.45) is 1.90. The van der Waals surface area contributed by atoms with E-state index in [-0.39, 0.29) is 17.8 Å². The van der Waals surface area contributed by atoms with E-state index in [1.54, 1.807) is 29.3 Å². The Balaban J connectivity index is 1.49. The van der Waals surface area contributed by atoms with Gasteiger partial charge in [0.2, 0.25) is 16.0 Å². The molecular formula is C29H32FN5O3S2. The second-order valence-corrected chi connectivity index (χ2v) is 13.3. The number of nitrogens with two attached hydrogens (primary N) is 1. The Morgan fingerprint density at radius 2 is 1.65 bits per heavy atom. The van der Waals surface area contributed by atoms with Crippen LogP contribution < -0.4 is 9.86 Å². The van der Waals surface area contributed by atoms with Gasteiger partial charge in [-0.2, -0.15) is 5.10 Å². The molecule has 3 aromatic rings. The summed E-state index contributed by atoms with van der Waals surface area (Å²) in [5.41, 5.74) is 3.63. The van der Waals surface area contributed by atoms with Crippen molar-refractivity contribution in [2.24, 2.45) is 15.2 Å². The molecule has 40 heavy (non-hydrogen) atoms. The minimum absolute atomic E-state index is 0.135. The van der Waals surface area contributed by atoms with Gasteiger partial charge in [0.05, 0.1) is 28.4 Å². The number of nitrogens with one attached hydrogen (secondary N) is 1. The summed E-state index contributed by atoms with van der Waals surface area (Å²) in [4.78, 5) is 5.52. The fraction of sp³-hybridized carbons (Fsp3) is 0.310. The van der Waals surface area contributed by atoms with Gasteiger partial charge in [0.25, 0.3) is 0 Å². The predicted molar refractivity (Wildman–Crippen MR) is 156 cm³/mol. The summed E-state index contributed by atoms with van der Waals surface area (Å²) < 4.78 is 53.9. The van der Waals surface area contributed by atoms with Crippen LogP contribution in [0, 0.1) is 12.7 Å². The van der Waals surface area contributed by atoms with Gasteiger partial charge in [-0.25, -0.2) is 32.2 Å². The van der Waals surface area contributed by atoms with E-state index in [4.69, 9.17) is 15.2 Å². The molecule has 0 amide bonds. The number of halogens is 1. The van der Waals surface area contributed by atoms with Crippen molar-refractivity contribution in [1.29, 1.82) is 0 Å². The first-order valence-corrected chi connectivity index (χ1v) is 15.9. The fourth-order valence-electron chi connectivity index (χ4n) is 5.09. The standard InChI is InChI=1S/C29H32FN5O3S2/c1-20-7-15-25(16-8-20)39(36)34-29(32-24-13-17-26(18-14-24)40(31,37)38)35-19-27(21-5-3-2-4-6-21)28(33-35)22-9-11-23(30)12-10-22/h2-12,15-16,24,26-27H,13-14,17-19H2,1H3,(H,32,34)(H2,31,37,38). The molecule has 210 valence electrons. The van der Waals surface area contributed by atoms with Crippen molar-refractivity contribution in [2.75, 3.05) is 6.54 Å². The Kier molecular flexibility index (Phi) is 8.43. The second-order valence-electron chi connectivity index (χ2n) is 10.2. The van der Waals surface area contributed by atoms with Crippen molar-refractivity contribution in [3.05, 3.63) is 101 Å². The number of hydrogen-bond donors (Lipinski definition) is 2. The fourth-order valence-corrected chi connectivity index (χ4v) is 6.84. The SMILES string of the molecule is Cc1ccc(S(=O)NC(=NC2CCC(S(N)(=O)=O)CC2)N2CC(c3ccccc3)C(c3ccc(F)cc3)=N2)cc1. The molecule has 1 heterocycles. The number of sulfonamides is 1. The molecular weight excluding hydrogens is 549 g/mol. The number of aryl methyl sites for hydroxylation is 1. The number of nitrogens with zero attached hydrogens (tertiary/aromatic N) is 3. The lowest BCUT2D eigenvalue weighted by atomic mass is 9.91. The Morgan fingerprint density at radius 3 is 2.27 bits per heavy atom. The van der Waals surface area contributed by atoms with Gasteiger partial charge < -0.3 is 0 Å². The van der Waals surface area contributed by atoms with Crippen LogP contribution in [0.2, 0.25) is 0 Å². The van der Waals surface area contributed by atoms with Crippen LogP contribution in [-0.4, -0.2) is 47.1 Å². The Bertz CT molecular complexity index is 1520. The van der Waals surface area contributed by atoms with Crippen LogP contribution in [0.25, 0.3) is 0 Å². The van der Waals surface area contributed by atoms with E-state index in [9.17, 15) is 17.0 Å².